The van der Waals surface area contributed by atoms with Crippen molar-refractivity contribution in [2.24, 2.45) is 5.92 Å². The van der Waals surface area contributed by atoms with Crippen molar-refractivity contribution in [3.8, 4) is 0 Å². The molecule has 136 valence electrons. The third kappa shape index (κ3) is 3.52. The standard InChI is InChI=1S/C19H21ClN4O2/c20-17-12-18(22-13-21-17)23-9-6-15(7-10-23)19(25)24-16(8-11-26-24)14-4-2-1-3-5-14/h1-5,12-13,15-16H,6-11H2/t16-/m0/s1. The third-order valence-corrected chi connectivity index (χ3v) is 5.30. The lowest BCUT2D eigenvalue weighted by Gasteiger charge is -2.34. The molecule has 0 unspecified atom stereocenters. The highest BCUT2D eigenvalue weighted by Crippen LogP contribution is 2.33. The van der Waals surface area contributed by atoms with E-state index >= 15 is 0 Å². The van der Waals surface area contributed by atoms with E-state index in [1.807, 2.05) is 18.2 Å². The second kappa shape index (κ2) is 7.60. The van der Waals surface area contributed by atoms with Crippen LogP contribution in [0.25, 0.3) is 0 Å². The molecule has 2 aromatic rings. The Balaban J connectivity index is 1.40. The van der Waals surface area contributed by atoms with Gasteiger partial charge in [-0.05, 0) is 18.4 Å². The van der Waals surface area contributed by atoms with Crippen LogP contribution in [-0.4, -0.2) is 40.6 Å². The number of nitrogens with zero attached hydrogens (tertiary/aromatic N) is 4. The molecule has 3 heterocycles. The van der Waals surface area contributed by atoms with Gasteiger partial charge in [-0.25, -0.2) is 15.0 Å². The van der Waals surface area contributed by atoms with Gasteiger partial charge >= 0.3 is 0 Å². The van der Waals surface area contributed by atoms with Gasteiger partial charge < -0.3 is 4.90 Å². The van der Waals surface area contributed by atoms with E-state index in [9.17, 15) is 4.79 Å². The molecule has 0 saturated carbocycles. The first-order valence-corrected chi connectivity index (χ1v) is 9.33. The van der Waals surface area contributed by atoms with Gasteiger partial charge in [-0.2, -0.15) is 0 Å². The van der Waals surface area contributed by atoms with Crippen LogP contribution in [0.4, 0.5) is 5.82 Å². The zero-order valence-electron chi connectivity index (χ0n) is 14.4. The Hall–Kier alpha value is -2.18. The van der Waals surface area contributed by atoms with Crippen molar-refractivity contribution >= 4 is 23.3 Å². The molecule has 2 fully saturated rings. The number of carbonyl (C=O) groups is 1. The molecule has 2 aliphatic heterocycles. The van der Waals surface area contributed by atoms with E-state index < -0.39 is 0 Å². The molecule has 1 amide bonds. The van der Waals surface area contributed by atoms with Gasteiger partial charge in [0.15, 0.2) is 0 Å². The topological polar surface area (TPSA) is 58.6 Å². The second-order valence-corrected chi connectivity index (χ2v) is 7.06. The fourth-order valence-electron chi connectivity index (χ4n) is 3.70. The van der Waals surface area contributed by atoms with Gasteiger partial charge in [0.1, 0.15) is 17.3 Å². The van der Waals surface area contributed by atoms with E-state index in [2.05, 4.69) is 27.0 Å². The summed E-state index contributed by atoms with van der Waals surface area (Å²) in [6.07, 6.45) is 3.87. The Bertz CT molecular complexity index is 765. The average molecular weight is 373 g/mol. The molecule has 1 aromatic carbocycles. The van der Waals surface area contributed by atoms with Crippen molar-refractivity contribution in [1.29, 1.82) is 0 Å². The Labute approximate surface area is 157 Å². The van der Waals surface area contributed by atoms with Crippen molar-refractivity contribution < 1.29 is 9.63 Å². The molecule has 4 rings (SSSR count). The first-order chi connectivity index (χ1) is 12.7. The van der Waals surface area contributed by atoms with Crippen LogP contribution in [0.5, 0.6) is 0 Å². The Kier molecular flexibility index (Phi) is 5.04. The van der Waals surface area contributed by atoms with Gasteiger partial charge in [-0.15, -0.1) is 0 Å². The maximum absolute atomic E-state index is 13.0. The van der Waals surface area contributed by atoms with Crippen LogP contribution in [0.2, 0.25) is 5.15 Å². The Morgan fingerprint density at radius 2 is 1.88 bits per heavy atom. The molecule has 0 bridgehead atoms. The van der Waals surface area contributed by atoms with E-state index in [0.717, 1.165) is 43.7 Å². The fraction of sp³-hybridized carbons (Fsp3) is 0.421. The first kappa shape index (κ1) is 17.2. The zero-order chi connectivity index (χ0) is 17.9. The summed E-state index contributed by atoms with van der Waals surface area (Å²) in [5.74, 6) is 0.889. The highest BCUT2D eigenvalue weighted by atomic mass is 35.5. The van der Waals surface area contributed by atoms with Crippen LogP contribution in [-0.2, 0) is 9.63 Å². The van der Waals surface area contributed by atoms with E-state index in [1.54, 1.807) is 11.1 Å². The molecule has 0 aliphatic carbocycles. The van der Waals surface area contributed by atoms with E-state index in [0.29, 0.717) is 11.8 Å². The fourth-order valence-corrected chi connectivity index (χ4v) is 3.84. The van der Waals surface area contributed by atoms with Crippen LogP contribution in [0.15, 0.2) is 42.7 Å². The smallest absolute Gasteiger partial charge is 0.249 e. The summed E-state index contributed by atoms with van der Waals surface area (Å²) >= 11 is 5.95. The molecule has 0 spiro atoms. The van der Waals surface area contributed by atoms with Crippen molar-refractivity contribution in [2.45, 2.75) is 25.3 Å². The third-order valence-electron chi connectivity index (χ3n) is 5.09. The second-order valence-electron chi connectivity index (χ2n) is 6.67. The molecule has 2 aliphatic rings. The number of carbonyl (C=O) groups excluding carboxylic acids is 1. The number of anilines is 1. The lowest BCUT2D eigenvalue weighted by Crippen LogP contribution is -2.42. The summed E-state index contributed by atoms with van der Waals surface area (Å²) in [5.41, 5.74) is 1.13. The quantitative estimate of drug-likeness (QED) is 0.774. The minimum atomic E-state index is -0.0205. The van der Waals surface area contributed by atoms with Crippen molar-refractivity contribution in [3.05, 3.63) is 53.4 Å². The number of hydrogen-bond acceptors (Lipinski definition) is 5. The highest BCUT2D eigenvalue weighted by molar-refractivity contribution is 6.29. The highest BCUT2D eigenvalue weighted by Gasteiger charge is 2.37. The summed E-state index contributed by atoms with van der Waals surface area (Å²) in [4.78, 5) is 29.1. The lowest BCUT2D eigenvalue weighted by molar-refractivity contribution is -0.182. The van der Waals surface area contributed by atoms with E-state index in [1.165, 1.54) is 6.33 Å². The zero-order valence-corrected chi connectivity index (χ0v) is 15.2. The number of hydroxylamine groups is 2. The molecule has 6 nitrogen and oxygen atoms in total. The molecule has 0 radical (unpaired) electrons. The van der Waals surface area contributed by atoms with Gasteiger partial charge in [-0.3, -0.25) is 9.63 Å². The summed E-state index contributed by atoms with van der Waals surface area (Å²) < 4.78 is 0. The predicted octanol–water partition coefficient (Wildman–Crippen LogP) is 3.25. The summed E-state index contributed by atoms with van der Waals surface area (Å²) in [6, 6.07) is 11.9. The minimum absolute atomic E-state index is 0.0161. The number of amides is 1. The van der Waals surface area contributed by atoms with Crippen molar-refractivity contribution in [3.63, 3.8) is 0 Å². The maximum Gasteiger partial charge on any atom is 0.249 e. The number of aromatic nitrogens is 2. The molecule has 0 N–H and O–H groups in total. The van der Waals surface area contributed by atoms with E-state index in [4.69, 9.17) is 16.4 Å². The van der Waals surface area contributed by atoms with Gasteiger partial charge in [0.25, 0.3) is 0 Å². The molecular weight excluding hydrogens is 352 g/mol. The molecular formula is C19H21ClN4O2. The van der Waals surface area contributed by atoms with Gasteiger partial charge in [0, 0.05) is 31.5 Å². The number of piperidine rings is 1. The van der Waals surface area contributed by atoms with Crippen LogP contribution in [0.3, 0.4) is 0 Å². The van der Waals surface area contributed by atoms with Crippen molar-refractivity contribution in [1.82, 2.24) is 15.0 Å². The summed E-state index contributed by atoms with van der Waals surface area (Å²) in [5, 5.41) is 2.04. The molecule has 26 heavy (non-hydrogen) atoms. The van der Waals surface area contributed by atoms with Gasteiger partial charge in [-0.1, -0.05) is 41.9 Å². The Morgan fingerprint density at radius 1 is 1.12 bits per heavy atom. The van der Waals surface area contributed by atoms with Crippen LogP contribution >= 0.6 is 11.6 Å². The lowest BCUT2D eigenvalue weighted by atomic mass is 9.94. The average Bonchev–Trinajstić information content (AvgIpc) is 3.18. The monoisotopic (exact) mass is 372 g/mol. The van der Waals surface area contributed by atoms with Gasteiger partial charge in [0.05, 0.1) is 12.6 Å². The largest absolute Gasteiger partial charge is 0.356 e. The summed E-state index contributed by atoms with van der Waals surface area (Å²) in [6.45, 7) is 2.13. The number of hydrogen-bond donors (Lipinski definition) is 0. The van der Waals surface area contributed by atoms with Crippen LogP contribution < -0.4 is 4.90 Å². The number of halogens is 1. The predicted molar refractivity (Wildman–Crippen MR) is 98.6 cm³/mol. The van der Waals surface area contributed by atoms with Gasteiger partial charge in [0.2, 0.25) is 5.91 Å². The van der Waals surface area contributed by atoms with E-state index in [-0.39, 0.29) is 17.9 Å². The van der Waals surface area contributed by atoms with Crippen LogP contribution in [0.1, 0.15) is 30.9 Å². The first-order valence-electron chi connectivity index (χ1n) is 8.96. The molecule has 1 aromatic heterocycles. The summed E-state index contributed by atoms with van der Waals surface area (Å²) in [7, 11) is 0. The minimum Gasteiger partial charge on any atom is -0.356 e. The molecule has 2 saturated heterocycles. The Morgan fingerprint density at radius 3 is 2.62 bits per heavy atom. The number of benzene rings is 1. The van der Waals surface area contributed by atoms with Crippen LogP contribution in [0, 0.1) is 5.92 Å². The molecule has 1 atom stereocenters. The van der Waals surface area contributed by atoms with Crippen molar-refractivity contribution in [2.75, 3.05) is 24.6 Å². The maximum atomic E-state index is 13.0. The SMILES string of the molecule is O=C(C1CCN(c2cc(Cl)ncn2)CC1)N1OCC[C@H]1c1ccccc1. The normalized spacial score (nSPS) is 21.2. The molecule has 7 heteroatoms. The number of rotatable bonds is 3.